The van der Waals surface area contributed by atoms with Crippen molar-refractivity contribution in [1.29, 1.82) is 0 Å². The Kier molecular flexibility index (Phi) is 4.02. The molecule has 0 fully saturated rings. The summed E-state index contributed by atoms with van der Waals surface area (Å²) in [5, 5.41) is 3.66. The maximum absolute atomic E-state index is 13.7. The van der Waals surface area contributed by atoms with Gasteiger partial charge in [-0.25, -0.2) is 4.39 Å². The summed E-state index contributed by atoms with van der Waals surface area (Å²) in [5.74, 6) is -1.11. The van der Waals surface area contributed by atoms with Crippen LogP contribution in [0.2, 0.25) is 5.02 Å². The van der Waals surface area contributed by atoms with E-state index in [0.717, 1.165) is 11.8 Å². The van der Waals surface area contributed by atoms with Crippen LogP contribution < -0.4 is 11.1 Å². The summed E-state index contributed by atoms with van der Waals surface area (Å²) in [5.41, 5.74) is 6.48. The number of anilines is 1. The minimum Gasteiger partial charge on any atom is -0.381 e. The molecule has 0 aromatic heterocycles. The molecule has 0 atom stereocenters. The number of benzene rings is 2. The van der Waals surface area contributed by atoms with Crippen molar-refractivity contribution >= 4 is 23.2 Å². The van der Waals surface area contributed by atoms with E-state index in [1.165, 1.54) is 12.1 Å². The van der Waals surface area contributed by atoms with Gasteiger partial charge in [0.25, 0.3) is 0 Å². The van der Waals surface area contributed by atoms with E-state index in [9.17, 15) is 9.18 Å². The van der Waals surface area contributed by atoms with Crippen molar-refractivity contribution in [2.24, 2.45) is 5.73 Å². The number of hydrogen-bond donors (Lipinski definition) is 2. The highest BCUT2D eigenvalue weighted by atomic mass is 35.5. The van der Waals surface area contributed by atoms with Gasteiger partial charge in [0, 0.05) is 28.4 Å². The fraction of sp³-hybridized carbons (Fsp3) is 0.0714. The number of amides is 1. The molecule has 0 saturated heterocycles. The number of nitrogens with one attached hydrogen (secondary N) is 1. The molecule has 0 spiro atoms. The van der Waals surface area contributed by atoms with Crippen molar-refractivity contribution in [3.63, 3.8) is 0 Å². The third-order valence-electron chi connectivity index (χ3n) is 2.65. The van der Waals surface area contributed by atoms with Crippen LogP contribution in [0.5, 0.6) is 0 Å². The van der Waals surface area contributed by atoms with Crippen LogP contribution in [0, 0.1) is 5.82 Å². The van der Waals surface area contributed by atoms with Crippen LogP contribution in [0.1, 0.15) is 15.9 Å². The van der Waals surface area contributed by atoms with Crippen LogP contribution in [0.4, 0.5) is 10.1 Å². The Morgan fingerprint density at radius 2 is 2.05 bits per heavy atom. The SMILES string of the molecule is NC(=O)c1ccc(CNc2cccc(Cl)c2)c(F)c1. The molecule has 3 N–H and O–H groups in total. The van der Waals surface area contributed by atoms with E-state index in [4.69, 9.17) is 17.3 Å². The number of carbonyl (C=O) groups excluding carboxylic acids is 1. The average Bonchev–Trinajstić information content (AvgIpc) is 2.37. The smallest absolute Gasteiger partial charge is 0.248 e. The highest BCUT2D eigenvalue weighted by Gasteiger charge is 2.06. The molecule has 2 aromatic rings. The molecule has 0 aliphatic rings. The maximum Gasteiger partial charge on any atom is 0.248 e. The summed E-state index contributed by atoms with van der Waals surface area (Å²) < 4.78 is 13.7. The van der Waals surface area contributed by atoms with E-state index in [-0.39, 0.29) is 5.56 Å². The molecule has 0 bridgehead atoms. The Bertz CT molecular complexity index is 616. The van der Waals surface area contributed by atoms with Crippen molar-refractivity contribution in [2.45, 2.75) is 6.54 Å². The van der Waals surface area contributed by atoms with Gasteiger partial charge in [-0.05, 0) is 30.3 Å². The fourth-order valence-corrected chi connectivity index (χ4v) is 1.83. The molecule has 0 aliphatic heterocycles. The molecule has 0 radical (unpaired) electrons. The molecule has 19 heavy (non-hydrogen) atoms. The molecule has 0 saturated carbocycles. The number of halogens is 2. The summed E-state index contributed by atoms with van der Waals surface area (Å²) in [7, 11) is 0. The quantitative estimate of drug-likeness (QED) is 0.902. The van der Waals surface area contributed by atoms with E-state index in [2.05, 4.69) is 5.32 Å². The second kappa shape index (κ2) is 5.71. The zero-order chi connectivity index (χ0) is 13.8. The summed E-state index contributed by atoms with van der Waals surface area (Å²) in [6, 6.07) is 11.3. The van der Waals surface area contributed by atoms with Crippen LogP contribution in [0.25, 0.3) is 0 Å². The van der Waals surface area contributed by atoms with Crippen LogP contribution in [0.3, 0.4) is 0 Å². The number of carbonyl (C=O) groups is 1. The third kappa shape index (κ3) is 3.45. The van der Waals surface area contributed by atoms with E-state index in [1.54, 1.807) is 18.2 Å². The fourth-order valence-electron chi connectivity index (χ4n) is 1.64. The summed E-state index contributed by atoms with van der Waals surface area (Å²) in [6.45, 7) is 0.297. The lowest BCUT2D eigenvalue weighted by molar-refractivity contribution is 0.1000. The molecule has 0 heterocycles. The number of rotatable bonds is 4. The van der Waals surface area contributed by atoms with E-state index in [1.807, 2.05) is 6.07 Å². The van der Waals surface area contributed by atoms with Gasteiger partial charge in [0.1, 0.15) is 5.82 Å². The maximum atomic E-state index is 13.7. The van der Waals surface area contributed by atoms with Gasteiger partial charge < -0.3 is 11.1 Å². The highest BCUT2D eigenvalue weighted by Crippen LogP contribution is 2.17. The van der Waals surface area contributed by atoms with Gasteiger partial charge >= 0.3 is 0 Å². The number of hydrogen-bond acceptors (Lipinski definition) is 2. The summed E-state index contributed by atoms with van der Waals surface area (Å²) in [6.07, 6.45) is 0. The second-order valence-electron chi connectivity index (χ2n) is 4.03. The van der Waals surface area contributed by atoms with Crippen molar-refractivity contribution < 1.29 is 9.18 Å². The second-order valence-corrected chi connectivity index (χ2v) is 4.47. The Morgan fingerprint density at radius 3 is 2.68 bits per heavy atom. The molecular formula is C14H12ClFN2O. The molecule has 2 rings (SSSR count). The molecule has 1 amide bonds. The normalized spacial score (nSPS) is 10.2. The van der Waals surface area contributed by atoms with Crippen LogP contribution in [0.15, 0.2) is 42.5 Å². The van der Waals surface area contributed by atoms with Gasteiger partial charge in [-0.2, -0.15) is 0 Å². The Labute approximate surface area is 115 Å². The Balaban J connectivity index is 2.10. The Morgan fingerprint density at radius 1 is 1.26 bits per heavy atom. The summed E-state index contributed by atoms with van der Waals surface area (Å²) >= 11 is 5.85. The van der Waals surface area contributed by atoms with Crippen LogP contribution in [-0.2, 0) is 6.54 Å². The topological polar surface area (TPSA) is 55.1 Å². The van der Waals surface area contributed by atoms with Crippen molar-refractivity contribution in [3.8, 4) is 0 Å². The first-order valence-electron chi connectivity index (χ1n) is 5.64. The average molecular weight is 279 g/mol. The number of nitrogens with two attached hydrogens (primary N) is 1. The lowest BCUT2D eigenvalue weighted by atomic mass is 10.1. The largest absolute Gasteiger partial charge is 0.381 e. The van der Waals surface area contributed by atoms with Crippen molar-refractivity contribution in [1.82, 2.24) is 0 Å². The highest BCUT2D eigenvalue weighted by molar-refractivity contribution is 6.30. The lowest BCUT2D eigenvalue weighted by Gasteiger charge is -2.08. The lowest BCUT2D eigenvalue weighted by Crippen LogP contribution is -2.12. The van der Waals surface area contributed by atoms with Crippen molar-refractivity contribution in [2.75, 3.05) is 5.32 Å². The third-order valence-corrected chi connectivity index (χ3v) is 2.88. The first-order valence-corrected chi connectivity index (χ1v) is 6.02. The van der Waals surface area contributed by atoms with Gasteiger partial charge in [-0.3, -0.25) is 4.79 Å². The first-order chi connectivity index (χ1) is 9.06. The zero-order valence-electron chi connectivity index (χ0n) is 9.99. The van der Waals surface area contributed by atoms with Gasteiger partial charge in [0.2, 0.25) is 5.91 Å². The molecule has 0 aliphatic carbocycles. The summed E-state index contributed by atoms with van der Waals surface area (Å²) in [4.78, 5) is 10.9. The van der Waals surface area contributed by atoms with E-state index >= 15 is 0 Å². The van der Waals surface area contributed by atoms with Gasteiger partial charge in [-0.15, -0.1) is 0 Å². The van der Waals surface area contributed by atoms with Crippen LogP contribution >= 0.6 is 11.6 Å². The molecular weight excluding hydrogens is 267 g/mol. The van der Waals surface area contributed by atoms with Gasteiger partial charge in [0.05, 0.1) is 0 Å². The first kappa shape index (κ1) is 13.4. The minimum atomic E-state index is -0.645. The molecule has 2 aromatic carbocycles. The molecule has 98 valence electrons. The van der Waals surface area contributed by atoms with Crippen molar-refractivity contribution in [3.05, 3.63) is 64.4 Å². The Hall–Kier alpha value is -2.07. The van der Waals surface area contributed by atoms with Crippen LogP contribution in [-0.4, -0.2) is 5.91 Å². The molecule has 3 nitrogen and oxygen atoms in total. The van der Waals surface area contributed by atoms with Gasteiger partial charge in [0.15, 0.2) is 0 Å². The standard InChI is InChI=1S/C14H12ClFN2O/c15-11-2-1-3-12(7-11)18-8-10-5-4-9(14(17)19)6-13(10)16/h1-7,18H,8H2,(H2,17,19). The minimum absolute atomic E-state index is 0.156. The number of primary amides is 1. The monoisotopic (exact) mass is 278 g/mol. The van der Waals surface area contributed by atoms with Gasteiger partial charge in [-0.1, -0.05) is 23.7 Å². The zero-order valence-corrected chi connectivity index (χ0v) is 10.7. The van der Waals surface area contributed by atoms with E-state index in [0.29, 0.717) is 17.1 Å². The van der Waals surface area contributed by atoms with E-state index < -0.39 is 11.7 Å². The predicted octanol–water partition coefficient (Wildman–Crippen LogP) is 3.19. The predicted molar refractivity (Wildman–Crippen MR) is 73.7 cm³/mol. The molecule has 5 heteroatoms. The molecule has 0 unspecified atom stereocenters.